The summed E-state index contributed by atoms with van der Waals surface area (Å²) in [6.45, 7) is 2.43. The van der Waals surface area contributed by atoms with Crippen LogP contribution in [0.5, 0.6) is 0 Å². The normalized spacial score (nSPS) is 20.6. The fourth-order valence-corrected chi connectivity index (χ4v) is 2.53. The fourth-order valence-electron chi connectivity index (χ4n) is 2.53. The van der Waals surface area contributed by atoms with E-state index in [1.54, 1.807) is 6.07 Å². The third-order valence-electron chi connectivity index (χ3n) is 3.80. The van der Waals surface area contributed by atoms with Crippen LogP contribution in [0, 0.1) is 11.7 Å². The molecule has 1 aromatic carbocycles. The fraction of sp³-hybridized carbons (Fsp3) is 0.429. The molecule has 3 N–H and O–H groups in total. The molecule has 21 heavy (non-hydrogen) atoms. The number of halogens is 2. The van der Waals surface area contributed by atoms with Gasteiger partial charge in [-0.25, -0.2) is 4.39 Å². The van der Waals surface area contributed by atoms with E-state index in [1.165, 1.54) is 12.1 Å². The highest BCUT2D eigenvalue weighted by Gasteiger charge is 2.31. The molecule has 7 heteroatoms. The Labute approximate surface area is 128 Å². The van der Waals surface area contributed by atoms with Gasteiger partial charge in [-0.1, -0.05) is 6.07 Å². The lowest BCUT2D eigenvalue weighted by Gasteiger charge is -2.29. The largest absolute Gasteiger partial charge is 0.355 e. The summed E-state index contributed by atoms with van der Waals surface area (Å²) in [5.74, 6) is -0.921. The first-order chi connectivity index (χ1) is 9.63. The highest BCUT2D eigenvalue weighted by molar-refractivity contribution is 6.01. The van der Waals surface area contributed by atoms with Gasteiger partial charge in [0.1, 0.15) is 5.82 Å². The van der Waals surface area contributed by atoms with Crippen molar-refractivity contribution in [3.63, 3.8) is 0 Å². The summed E-state index contributed by atoms with van der Waals surface area (Å²) >= 11 is 0. The minimum atomic E-state index is -0.535. The maximum atomic E-state index is 13.2. The van der Waals surface area contributed by atoms with Gasteiger partial charge < -0.3 is 16.0 Å². The van der Waals surface area contributed by atoms with Gasteiger partial charge >= 0.3 is 0 Å². The molecule has 0 spiro atoms. The second-order valence-corrected chi connectivity index (χ2v) is 5.31. The first-order valence-corrected chi connectivity index (χ1v) is 6.71. The number of anilines is 1. The van der Waals surface area contributed by atoms with Crippen LogP contribution in [-0.2, 0) is 9.59 Å². The van der Waals surface area contributed by atoms with Crippen molar-refractivity contribution in [2.75, 3.05) is 25.0 Å². The Balaban J connectivity index is 0.00000161. The number of hydrogen-bond acceptors (Lipinski definition) is 3. The average Bonchev–Trinajstić information content (AvgIpc) is 2.35. The van der Waals surface area contributed by atoms with Gasteiger partial charge in [0.2, 0.25) is 11.8 Å². The second-order valence-electron chi connectivity index (χ2n) is 5.31. The van der Waals surface area contributed by atoms with Gasteiger partial charge in [0.25, 0.3) is 0 Å². The smallest absolute Gasteiger partial charge is 0.228 e. The molecule has 0 saturated carbocycles. The van der Waals surface area contributed by atoms with Crippen LogP contribution in [0.3, 0.4) is 0 Å². The maximum Gasteiger partial charge on any atom is 0.228 e. The van der Waals surface area contributed by atoms with Gasteiger partial charge in [0.05, 0.1) is 5.92 Å². The molecule has 1 aromatic rings. The van der Waals surface area contributed by atoms with E-state index in [4.69, 9.17) is 0 Å². The van der Waals surface area contributed by atoms with Crippen LogP contribution in [0.25, 0.3) is 0 Å². The van der Waals surface area contributed by atoms with E-state index in [-0.39, 0.29) is 30.6 Å². The summed E-state index contributed by atoms with van der Waals surface area (Å²) < 4.78 is 13.2. The first-order valence-electron chi connectivity index (χ1n) is 6.71. The Morgan fingerprint density at radius 3 is 2.81 bits per heavy atom. The molecule has 114 valence electrons. The maximum absolute atomic E-state index is 13.2. The summed E-state index contributed by atoms with van der Waals surface area (Å²) in [6, 6.07) is 4.13. The van der Waals surface area contributed by atoms with Crippen molar-refractivity contribution in [3.05, 3.63) is 29.6 Å². The van der Waals surface area contributed by atoms with Gasteiger partial charge in [-0.15, -0.1) is 12.4 Å². The molecular weight excluding hydrogens is 297 g/mol. The van der Waals surface area contributed by atoms with Crippen molar-refractivity contribution in [3.8, 4) is 0 Å². The molecule has 3 rings (SSSR count). The summed E-state index contributed by atoms with van der Waals surface area (Å²) in [5.41, 5.74) is 1.07. The highest BCUT2D eigenvalue weighted by atomic mass is 35.5. The van der Waals surface area contributed by atoms with E-state index in [0.717, 1.165) is 13.1 Å². The molecule has 0 radical (unpaired) electrons. The molecule has 1 saturated heterocycles. The summed E-state index contributed by atoms with van der Waals surface area (Å²) in [5, 5.41) is 8.62. The number of amides is 2. The van der Waals surface area contributed by atoms with Crippen LogP contribution < -0.4 is 16.0 Å². The Hall–Kier alpha value is -1.66. The highest BCUT2D eigenvalue weighted by Crippen LogP contribution is 2.32. The van der Waals surface area contributed by atoms with Gasteiger partial charge in [-0.3, -0.25) is 9.59 Å². The Bertz CT molecular complexity index is 563. The Morgan fingerprint density at radius 2 is 2.14 bits per heavy atom. The van der Waals surface area contributed by atoms with Gasteiger partial charge in [0.15, 0.2) is 0 Å². The lowest BCUT2D eigenvalue weighted by molar-refractivity contribution is -0.126. The van der Waals surface area contributed by atoms with E-state index in [9.17, 15) is 14.0 Å². The SMILES string of the molecule is Cl.O=C1CC(C(=O)NCC2CNC2)c2ccc(F)cc2N1. The summed E-state index contributed by atoms with van der Waals surface area (Å²) in [7, 11) is 0. The molecular formula is C14H17ClFN3O2. The zero-order valence-corrected chi connectivity index (χ0v) is 12.1. The van der Waals surface area contributed by atoms with Crippen LogP contribution in [0.4, 0.5) is 10.1 Å². The number of hydrogen-bond donors (Lipinski definition) is 3. The van der Waals surface area contributed by atoms with Crippen molar-refractivity contribution < 1.29 is 14.0 Å². The number of benzene rings is 1. The van der Waals surface area contributed by atoms with Crippen molar-refractivity contribution in [1.29, 1.82) is 0 Å². The molecule has 2 amide bonds. The Morgan fingerprint density at radius 1 is 1.38 bits per heavy atom. The lowest BCUT2D eigenvalue weighted by Crippen LogP contribution is -2.49. The van der Waals surface area contributed by atoms with Crippen LogP contribution in [0.15, 0.2) is 18.2 Å². The van der Waals surface area contributed by atoms with Gasteiger partial charge in [-0.2, -0.15) is 0 Å². The quantitative estimate of drug-likeness (QED) is 0.780. The third-order valence-corrected chi connectivity index (χ3v) is 3.80. The monoisotopic (exact) mass is 313 g/mol. The van der Waals surface area contributed by atoms with Crippen LogP contribution in [0.2, 0.25) is 0 Å². The first kappa shape index (κ1) is 15.7. The molecule has 2 aliphatic rings. The van der Waals surface area contributed by atoms with Crippen molar-refractivity contribution in [2.45, 2.75) is 12.3 Å². The zero-order valence-electron chi connectivity index (χ0n) is 11.3. The lowest BCUT2D eigenvalue weighted by atomic mass is 9.89. The number of nitrogens with one attached hydrogen (secondary N) is 3. The molecule has 1 atom stereocenters. The summed E-state index contributed by atoms with van der Waals surface area (Å²) in [6.07, 6.45) is 0.105. The van der Waals surface area contributed by atoms with Crippen LogP contribution in [-0.4, -0.2) is 31.4 Å². The minimum absolute atomic E-state index is 0. The van der Waals surface area contributed by atoms with E-state index in [0.29, 0.717) is 23.7 Å². The predicted molar refractivity (Wildman–Crippen MR) is 79.0 cm³/mol. The standard InChI is InChI=1S/C14H16FN3O2.ClH/c15-9-1-2-10-11(4-13(19)18-12(10)3-9)14(20)17-7-8-5-16-6-8;/h1-3,8,11,16H,4-7H2,(H,17,20)(H,18,19);1H. The van der Waals surface area contributed by atoms with E-state index in [2.05, 4.69) is 16.0 Å². The van der Waals surface area contributed by atoms with Crippen LogP contribution >= 0.6 is 12.4 Å². The Kier molecular flexibility index (Phi) is 4.80. The average molecular weight is 314 g/mol. The molecule has 2 aliphatic heterocycles. The van der Waals surface area contributed by atoms with Crippen molar-refractivity contribution in [1.82, 2.24) is 10.6 Å². The van der Waals surface area contributed by atoms with Gasteiger partial charge in [0, 0.05) is 37.7 Å². The van der Waals surface area contributed by atoms with E-state index in [1.807, 2.05) is 0 Å². The van der Waals surface area contributed by atoms with Gasteiger partial charge in [-0.05, 0) is 17.7 Å². The predicted octanol–water partition coefficient (Wildman–Crippen LogP) is 1.01. The number of carbonyl (C=O) groups is 2. The number of carbonyl (C=O) groups excluding carboxylic acids is 2. The molecule has 2 heterocycles. The van der Waals surface area contributed by atoms with Crippen LogP contribution in [0.1, 0.15) is 17.9 Å². The minimum Gasteiger partial charge on any atom is -0.355 e. The van der Waals surface area contributed by atoms with E-state index >= 15 is 0 Å². The molecule has 0 bridgehead atoms. The third kappa shape index (κ3) is 3.33. The molecule has 0 aromatic heterocycles. The molecule has 1 fully saturated rings. The molecule has 1 unspecified atom stereocenters. The van der Waals surface area contributed by atoms with Crippen molar-refractivity contribution >= 4 is 29.9 Å². The molecule has 5 nitrogen and oxygen atoms in total. The second kappa shape index (κ2) is 6.41. The summed E-state index contributed by atoms with van der Waals surface area (Å²) in [4.78, 5) is 23.9. The number of rotatable bonds is 3. The topological polar surface area (TPSA) is 70.2 Å². The van der Waals surface area contributed by atoms with Crippen molar-refractivity contribution in [2.24, 2.45) is 5.92 Å². The zero-order chi connectivity index (χ0) is 14.1. The number of fused-ring (bicyclic) bond motifs is 1. The molecule has 0 aliphatic carbocycles. The van der Waals surface area contributed by atoms with E-state index < -0.39 is 11.7 Å².